The SMILES string of the molecule is Cc1ccccc1C(=O)Oc1ccc(C(c2c(C)[nH][nH]c2=O)c2c(C)[nH][nH]c2=O)cc1. The highest BCUT2D eigenvalue weighted by Crippen LogP contribution is 2.32. The van der Waals surface area contributed by atoms with E-state index in [1.807, 2.05) is 19.1 Å². The Morgan fingerprint density at radius 1 is 0.774 bits per heavy atom. The Morgan fingerprint density at radius 3 is 1.81 bits per heavy atom. The number of ether oxygens (including phenoxy) is 1. The standard InChI is InChI=1S/C23H22N4O4/c1-12-6-4-5-7-17(12)23(30)31-16-10-8-15(9-11-16)20(18-13(2)24-26-21(18)28)19-14(3)25-27-22(19)29/h4-11,20H,1-3H3,(H2,24,26,28)(H2,25,27,29). The van der Waals surface area contributed by atoms with Crippen molar-refractivity contribution < 1.29 is 9.53 Å². The second-order valence-corrected chi connectivity index (χ2v) is 7.44. The van der Waals surface area contributed by atoms with Crippen molar-refractivity contribution in [1.29, 1.82) is 0 Å². The van der Waals surface area contributed by atoms with Crippen LogP contribution >= 0.6 is 0 Å². The highest BCUT2D eigenvalue weighted by molar-refractivity contribution is 5.92. The lowest BCUT2D eigenvalue weighted by Gasteiger charge is -2.16. The van der Waals surface area contributed by atoms with Crippen LogP contribution in [0.5, 0.6) is 5.75 Å². The van der Waals surface area contributed by atoms with E-state index in [0.717, 1.165) is 11.1 Å². The van der Waals surface area contributed by atoms with E-state index < -0.39 is 11.9 Å². The van der Waals surface area contributed by atoms with Gasteiger partial charge in [-0.2, -0.15) is 0 Å². The van der Waals surface area contributed by atoms with E-state index in [9.17, 15) is 14.4 Å². The first-order valence-electron chi connectivity index (χ1n) is 9.79. The maximum absolute atomic E-state index is 12.5. The van der Waals surface area contributed by atoms with Crippen LogP contribution in [-0.2, 0) is 0 Å². The summed E-state index contributed by atoms with van der Waals surface area (Å²) in [5.41, 5.74) is 3.65. The Labute approximate surface area is 177 Å². The number of aryl methyl sites for hydroxylation is 3. The second-order valence-electron chi connectivity index (χ2n) is 7.44. The van der Waals surface area contributed by atoms with Gasteiger partial charge in [-0.1, -0.05) is 30.3 Å². The lowest BCUT2D eigenvalue weighted by Crippen LogP contribution is -2.20. The molecule has 0 unspecified atom stereocenters. The zero-order valence-corrected chi connectivity index (χ0v) is 17.3. The van der Waals surface area contributed by atoms with Crippen LogP contribution in [0.15, 0.2) is 58.1 Å². The van der Waals surface area contributed by atoms with Crippen molar-refractivity contribution in [3.05, 3.63) is 108 Å². The first-order valence-corrected chi connectivity index (χ1v) is 9.79. The highest BCUT2D eigenvalue weighted by Gasteiger charge is 2.28. The average molecular weight is 418 g/mol. The molecule has 31 heavy (non-hydrogen) atoms. The summed E-state index contributed by atoms with van der Waals surface area (Å²) in [5.74, 6) is -0.667. The molecule has 0 aliphatic carbocycles. The lowest BCUT2D eigenvalue weighted by molar-refractivity contribution is 0.0734. The fourth-order valence-corrected chi connectivity index (χ4v) is 3.78. The summed E-state index contributed by atoms with van der Waals surface area (Å²) in [5, 5.41) is 10.8. The van der Waals surface area contributed by atoms with E-state index in [1.54, 1.807) is 50.2 Å². The van der Waals surface area contributed by atoms with E-state index in [2.05, 4.69) is 20.4 Å². The molecule has 4 N–H and O–H groups in total. The summed E-state index contributed by atoms with van der Waals surface area (Å²) < 4.78 is 5.51. The van der Waals surface area contributed by atoms with Crippen molar-refractivity contribution in [1.82, 2.24) is 20.4 Å². The van der Waals surface area contributed by atoms with Crippen molar-refractivity contribution in [2.75, 3.05) is 0 Å². The van der Waals surface area contributed by atoms with Gasteiger partial charge in [0.2, 0.25) is 0 Å². The molecule has 0 aliphatic rings. The molecule has 0 aliphatic heterocycles. The van der Waals surface area contributed by atoms with Gasteiger partial charge < -0.3 is 14.9 Å². The number of esters is 1. The summed E-state index contributed by atoms with van der Waals surface area (Å²) >= 11 is 0. The van der Waals surface area contributed by atoms with Gasteiger partial charge in [-0.05, 0) is 50.1 Å². The molecule has 0 radical (unpaired) electrons. The fraction of sp³-hybridized carbons (Fsp3) is 0.174. The molecule has 0 saturated carbocycles. The maximum atomic E-state index is 12.5. The average Bonchev–Trinajstić information content (AvgIpc) is 3.26. The van der Waals surface area contributed by atoms with E-state index in [0.29, 0.717) is 33.8 Å². The van der Waals surface area contributed by atoms with E-state index in [1.165, 1.54) is 0 Å². The molecule has 0 amide bonds. The number of hydrogen-bond acceptors (Lipinski definition) is 4. The maximum Gasteiger partial charge on any atom is 0.343 e. The van der Waals surface area contributed by atoms with Crippen molar-refractivity contribution >= 4 is 5.97 Å². The molecular weight excluding hydrogens is 396 g/mol. The third-order valence-electron chi connectivity index (χ3n) is 5.39. The summed E-state index contributed by atoms with van der Waals surface area (Å²) in [6.45, 7) is 5.39. The predicted molar refractivity (Wildman–Crippen MR) is 116 cm³/mol. The molecule has 158 valence electrons. The number of carbonyl (C=O) groups excluding carboxylic acids is 1. The van der Waals surface area contributed by atoms with Crippen LogP contribution in [-0.4, -0.2) is 26.4 Å². The van der Waals surface area contributed by atoms with Gasteiger partial charge in [-0.3, -0.25) is 19.8 Å². The quantitative estimate of drug-likeness (QED) is 0.294. The first kappa shape index (κ1) is 20.2. The molecule has 2 aromatic carbocycles. The predicted octanol–water partition coefficient (Wildman–Crippen LogP) is 3.04. The molecule has 0 atom stereocenters. The van der Waals surface area contributed by atoms with Gasteiger partial charge in [-0.25, -0.2) is 4.79 Å². The van der Waals surface area contributed by atoms with Crippen molar-refractivity contribution in [3.8, 4) is 5.75 Å². The fourth-order valence-electron chi connectivity index (χ4n) is 3.78. The summed E-state index contributed by atoms with van der Waals surface area (Å²) in [4.78, 5) is 37.5. The summed E-state index contributed by atoms with van der Waals surface area (Å²) in [6, 6.07) is 14.0. The molecule has 2 heterocycles. The van der Waals surface area contributed by atoms with Crippen molar-refractivity contribution in [2.45, 2.75) is 26.7 Å². The lowest BCUT2D eigenvalue weighted by atomic mass is 9.85. The summed E-state index contributed by atoms with van der Waals surface area (Å²) in [6.07, 6.45) is 0. The highest BCUT2D eigenvalue weighted by atomic mass is 16.5. The van der Waals surface area contributed by atoms with Gasteiger partial charge >= 0.3 is 5.97 Å². The van der Waals surface area contributed by atoms with Crippen LogP contribution in [0.4, 0.5) is 0 Å². The van der Waals surface area contributed by atoms with Crippen LogP contribution in [0.3, 0.4) is 0 Å². The number of hydrogen-bond donors (Lipinski definition) is 4. The number of aromatic amines is 4. The summed E-state index contributed by atoms with van der Waals surface area (Å²) in [7, 11) is 0. The Bertz CT molecular complexity index is 1300. The molecule has 0 spiro atoms. The van der Waals surface area contributed by atoms with Gasteiger partial charge in [0.15, 0.2) is 0 Å². The molecular formula is C23H22N4O4. The second kappa shape index (κ2) is 7.98. The molecule has 0 bridgehead atoms. The molecule has 8 nitrogen and oxygen atoms in total. The van der Waals surface area contributed by atoms with Crippen LogP contribution in [0, 0.1) is 20.8 Å². The van der Waals surface area contributed by atoms with Crippen molar-refractivity contribution in [3.63, 3.8) is 0 Å². The number of benzene rings is 2. The third kappa shape index (κ3) is 3.75. The number of carbonyl (C=O) groups is 1. The minimum Gasteiger partial charge on any atom is -0.423 e. The molecule has 4 rings (SSSR count). The van der Waals surface area contributed by atoms with Gasteiger partial charge in [-0.15, -0.1) is 0 Å². The third-order valence-corrected chi connectivity index (χ3v) is 5.39. The van der Waals surface area contributed by atoms with Gasteiger partial charge in [0.1, 0.15) is 5.75 Å². The Hall–Kier alpha value is -4.07. The number of rotatable bonds is 5. The number of nitrogens with one attached hydrogen (secondary N) is 4. The van der Waals surface area contributed by atoms with Crippen molar-refractivity contribution in [2.24, 2.45) is 0 Å². The minimum atomic E-state index is -0.592. The van der Waals surface area contributed by atoms with Gasteiger partial charge in [0, 0.05) is 17.3 Å². The molecule has 4 aromatic rings. The topological polar surface area (TPSA) is 124 Å². The van der Waals surface area contributed by atoms with Crippen LogP contribution in [0.1, 0.15) is 49.9 Å². The Balaban J connectivity index is 1.71. The Kier molecular flexibility index (Phi) is 5.21. The van der Waals surface area contributed by atoms with Crippen LogP contribution in [0.25, 0.3) is 0 Å². The van der Waals surface area contributed by atoms with Crippen LogP contribution < -0.4 is 15.9 Å². The van der Waals surface area contributed by atoms with E-state index >= 15 is 0 Å². The molecule has 2 aromatic heterocycles. The minimum absolute atomic E-state index is 0.294. The first-order chi connectivity index (χ1) is 14.9. The zero-order valence-electron chi connectivity index (χ0n) is 17.3. The zero-order chi connectivity index (χ0) is 22.1. The smallest absolute Gasteiger partial charge is 0.343 e. The van der Waals surface area contributed by atoms with E-state index in [-0.39, 0.29) is 11.1 Å². The Morgan fingerprint density at radius 2 is 1.32 bits per heavy atom. The van der Waals surface area contributed by atoms with E-state index in [4.69, 9.17) is 4.74 Å². The molecule has 0 fully saturated rings. The van der Waals surface area contributed by atoms with Gasteiger partial charge in [0.05, 0.1) is 16.7 Å². The van der Waals surface area contributed by atoms with Crippen LogP contribution in [0.2, 0.25) is 0 Å². The largest absolute Gasteiger partial charge is 0.423 e. The molecule has 0 saturated heterocycles. The molecule has 8 heteroatoms. The number of H-pyrrole nitrogens is 4. The number of aromatic nitrogens is 4. The van der Waals surface area contributed by atoms with Gasteiger partial charge in [0.25, 0.3) is 11.1 Å². The monoisotopic (exact) mass is 418 g/mol. The normalized spacial score (nSPS) is 11.1.